The molecule has 0 aromatic carbocycles. The van der Waals surface area contributed by atoms with Gasteiger partial charge in [-0.25, -0.2) is 0 Å². The van der Waals surface area contributed by atoms with E-state index in [9.17, 15) is 4.79 Å². The van der Waals surface area contributed by atoms with Crippen molar-refractivity contribution < 1.29 is 9.53 Å². The molecular weight excluding hydrogens is 252 g/mol. The highest BCUT2D eigenvalue weighted by molar-refractivity contribution is 5.85. The molecule has 1 saturated carbocycles. The van der Waals surface area contributed by atoms with Crippen LogP contribution >= 0.6 is 12.4 Å². The Kier molecular flexibility index (Phi) is 6.97. The molecule has 2 fully saturated rings. The largest absolute Gasteiger partial charge is 0.378 e. The molecule has 0 aromatic rings. The second-order valence-corrected chi connectivity index (χ2v) is 5.16. The maximum absolute atomic E-state index is 12.2. The summed E-state index contributed by atoms with van der Waals surface area (Å²) < 4.78 is 5.27. The van der Waals surface area contributed by atoms with E-state index in [-0.39, 0.29) is 24.4 Å². The van der Waals surface area contributed by atoms with E-state index in [1.807, 2.05) is 11.8 Å². The normalized spacial score (nSPS) is 23.3. The van der Waals surface area contributed by atoms with Crippen molar-refractivity contribution in [2.75, 3.05) is 26.3 Å². The number of amides is 1. The van der Waals surface area contributed by atoms with Crippen LogP contribution in [0.15, 0.2) is 0 Å². The Balaban J connectivity index is 0.00000162. The topological polar surface area (TPSA) is 41.6 Å². The highest BCUT2D eigenvalue weighted by Crippen LogP contribution is 2.18. The number of halogens is 1. The second kappa shape index (κ2) is 7.97. The van der Waals surface area contributed by atoms with Gasteiger partial charge in [-0.15, -0.1) is 12.4 Å². The Morgan fingerprint density at radius 1 is 1.22 bits per heavy atom. The molecule has 2 aliphatic rings. The Hall–Kier alpha value is -0.320. The first kappa shape index (κ1) is 15.7. The summed E-state index contributed by atoms with van der Waals surface area (Å²) in [5.74, 6) is 0.235. The lowest BCUT2D eigenvalue weighted by Crippen LogP contribution is -2.51. The molecule has 1 aliphatic carbocycles. The summed E-state index contributed by atoms with van der Waals surface area (Å²) in [4.78, 5) is 14.1. The molecule has 1 saturated heterocycles. The number of carbonyl (C=O) groups excluding carboxylic acids is 1. The summed E-state index contributed by atoms with van der Waals surface area (Å²) in [6.07, 6.45) is 6.40. The van der Waals surface area contributed by atoms with Crippen molar-refractivity contribution in [1.82, 2.24) is 10.2 Å². The highest BCUT2D eigenvalue weighted by atomic mass is 35.5. The second-order valence-electron chi connectivity index (χ2n) is 5.16. The molecule has 0 spiro atoms. The molecule has 5 heteroatoms. The van der Waals surface area contributed by atoms with E-state index in [2.05, 4.69) is 5.32 Å². The fourth-order valence-corrected chi connectivity index (χ4v) is 2.75. The van der Waals surface area contributed by atoms with Gasteiger partial charge in [-0.05, 0) is 19.8 Å². The summed E-state index contributed by atoms with van der Waals surface area (Å²) in [5.41, 5.74) is 0. The van der Waals surface area contributed by atoms with Crippen LogP contribution in [0.3, 0.4) is 0 Å². The van der Waals surface area contributed by atoms with Gasteiger partial charge in [0.05, 0.1) is 19.3 Å². The van der Waals surface area contributed by atoms with E-state index in [1.54, 1.807) is 0 Å². The van der Waals surface area contributed by atoms with E-state index >= 15 is 0 Å². The van der Waals surface area contributed by atoms with Gasteiger partial charge in [0, 0.05) is 19.1 Å². The minimum absolute atomic E-state index is 0. The van der Waals surface area contributed by atoms with Gasteiger partial charge in [0.15, 0.2) is 0 Å². The zero-order valence-corrected chi connectivity index (χ0v) is 12.0. The third-order valence-corrected chi connectivity index (χ3v) is 3.78. The quantitative estimate of drug-likeness (QED) is 0.851. The lowest BCUT2D eigenvalue weighted by atomic mass is 9.95. The molecule has 1 aliphatic heterocycles. The molecule has 106 valence electrons. The van der Waals surface area contributed by atoms with Crippen LogP contribution in [-0.2, 0) is 9.53 Å². The van der Waals surface area contributed by atoms with Crippen LogP contribution in [0.4, 0.5) is 0 Å². The van der Waals surface area contributed by atoms with Crippen molar-refractivity contribution in [3.05, 3.63) is 0 Å². The average Bonchev–Trinajstić information content (AvgIpc) is 2.40. The Morgan fingerprint density at radius 2 is 1.83 bits per heavy atom. The highest BCUT2D eigenvalue weighted by Gasteiger charge is 2.24. The summed E-state index contributed by atoms with van der Waals surface area (Å²) in [7, 11) is 0. The van der Waals surface area contributed by atoms with Crippen molar-refractivity contribution in [2.45, 2.75) is 51.1 Å². The minimum Gasteiger partial charge on any atom is -0.378 e. The number of nitrogens with one attached hydrogen (secondary N) is 1. The van der Waals surface area contributed by atoms with Crippen LogP contribution in [0.5, 0.6) is 0 Å². The molecule has 1 N–H and O–H groups in total. The van der Waals surface area contributed by atoms with Crippen LogP contribution in [0.2, 0.25) is 0 Å². The predicted octanol–water partition coefficient (Wildman–Crippen LogP) is 1.58. The number of rotatable bonds is 3. The van der Waals surface area contributed by atoms with Crippen LogP contribution < -0.4 is 5.32 Å². The van der Waals surface area contributed by atoms with Crippen molar-refractivity contribution >= 4 is 18.3 Å². The molecule has 4 nitrogen and oxygen atoms in total. The molecule has 1 unspecified atom stereocenters. The molecule has 0 bridgehead atoms. The standard InChI is InChI=1S/C13H24N2O2.ClH/c1-11(14-12-5-3-2-4-6-12)13(16)15-7-9-17-10-8-15;/h11-12,14H,2-10H2,1H3;1H. The third-order valence-electron chi connectivity index (χ3n) is 3.78. The number of nitrogens with zero attached hydrogens (tertiary/aromatic N) is 1. The fourth-order valence-electron chi connectivity index (χ4n) is 2.75. The number of ether oxygens (including phenoxy) is 1. The average molecular weight is 277 g/mol. The number of hydrogen-bond donors (Lipinski definition) is 1. The van der Waals surface area contributed by atoms with E-state index < -0.39 is 0 Å². The molecule has 1 atom stereocenters. The Bertz CT molecular complexity index is 251. The molecule has 0 radical (unpaired) electrons. The zero-order chi connectivity index (χ0) is 12.1. The molecule has 1 heterocycles. The van der Waals surface area contributed by atoms with E-state index in [0.29, 0.717) is 19.3 Å². The Morgan fingerprint density at radius 3 is 2.44 bits per heavy atom. The van der Waals surface area contributed by atoms with E-state index in [4.69, 9.17) is 4.74 Å². The van der Waals surface area contributed by atoms with Gasteiger partial charge in [0.25, 0.3) is 0 Å². The third kappa shape index (κ3) is 4.41. The SMILES string of the molecule is CC(NC1CCCCC1)C(=O)N1CCOCC1.Cl. The number of morpholine rings is 1. The number of carbonyl (C=O) groups is 1. The van der Waals surface area contributed by atoms with Gasteiger partial charge in [0.1, 0.15) is 0 Å². The molecule has 0 aromatic heterocycles. The molecule has 18 heavy (non-hydrogen) atoms. The van der Waals surface area contributed by atoms with Crippen molar-refractivity contribution in [3.63, 3.8) is 0 Å². The van der Waals surface area contributed by atoms with E-state index in [1.165, 1.54) is 32.1 Å². The molecule has 2 rings (SSSR count). The molecule has 1 amide bonds. The molecular formula is C13H25ClN2O2. The number of hydrogen-bond acceptors (Lipinski definition) is 3. The van der Waals surface area contributed by atoms with Gasteiger partial charge in [-0.1, -0.05) is 19.3 Å². The first-order valence-corrected chi connectivity index (χ1v) is 6.90. The predicted molar refractivity (Wildman–Crippen MR) is 74.1 cm³/mol. The van der Waals surface area contributed by atoms with Gasteiger partial charge in [0.2, 0.25) is 5.91 Å². The van der Waals surface area contributed by atoms with Gasteiger partial charge < -0.3 is 15.0 Å². The maximum atomic E-state index is 12.2. The lowest BCUT2D eigenvalue weighted by molar-refractivity contribution is -0.137. The van der Waals surface area contributed by atoms with Crippen LogP contribution in [-0.4, -0.2) is 49.2 Å². The van der Waals surface area contributed by atoms with Crippen LogP contribution in [0, 0.1) is 0 Å². The summed E-state index contributed by atoms with van der Waals surface area (Å²) in [6.45, 7) is 4.85. The first-order chi connectivity index (χ1) is 8.27. The van der Waals surface area contributed by atoms with Gasteiger partial charge in [-0.2, -0.15) is 0 Å². The van der Waals surface area contributed by atoms with Gasteiger partial charge in [-0.3, -0.25) is 4.79 Å². The maximum Gasteiger partial charge on any atom is 0.239 e. The Labute approximate surface area is 116 Å². The van der Waals surface area contributed by atoms with Crippen LogP contribution in [0.25, 0.3) is 0 Å². The van der Waals surface area contributed by atoms with E-state index in [0.717, 1.165) is 13.1 Å². The summed E-state index contributed by atoms with van der Waals surface area (Å²) in [5, 5.41) is 3.48. The van der Waals surface area contributed by atoms with Gasteiger partial charge >= 0.3 is 0 Å². The van der Waals surface area contributed by atoms with Crippen molar-refractivity contribution in [2.24, 2.45) is 0 Å². The van der Waals surface area contributed by atoms with Crippen molar-refractivity contribution in [3.8, 4) is 0 Å². The summed E-state index contributed by atoms with van der Waals surface area (Å²) >= 11 is 0. The minimum atomic E-state index is -0.0452. The lowest BCUT2D eigenvalue weighted by Gasteiger charge is -2.32. The van der Waals surface area contributed by atoms with Crippen LogP contribution in [0.1, 0.15) is 39.0 Å². The first-order valence-electron chi connectivity index (χ1n) is 6.90. The monoisotopic (exact) mass is 276 g/mol. The smallest absolute Gasteiger partial charge is 0.239 e. The summed E-state index contributed by atoms with van der Waals surface area (Å²) in [6, 6.07) is 0.500. The fraction of sp³-hybridized carbons (Fsp3) is 0.923. The van der Waals surface area contributed by atoms with Crippen molar-refractivity contribution in [1.29, 1.82) is 0 Å². The zero-order valence-electron chi connectivity index (χ0n) is 11.2.